The van der Waals surface area contributed by atoms with Crippen LogP contribution < -0.4 is 10.6 Å². The van der Waals surface area contributed by atoms with Crippen LogP contribution in [0.25, 0.3) is 10.9 Å². The Morgan fingerprint density at radius 2 is 2.21 bits per heavy atom. The first kappa shape index (κ1) is 12.4. The van der Waals surface area contributed by atoms with Gasteiger partial charge in [0.1, 0.15) is 6.61 Å². The molecule has 0 unspecified atom stereocenters. The molecule has 0 radical (unpaired) electrons. The van der Waals surface area contributed by atoms with Crippen molar-refractivity contribution in [3.8, 4) is 0 Å². The molecule has 1 aliphatic heterocycles. The van der Waals surface area contributed by atoms with E-state index >= 15 is 0 Å². The summed E-state index contributed by atoms with van der Waals surface area (Å²) in [5.41, 5.74) is 0.586. The third kappa shape index (κ3) is 2.19. The number of nitrogens with zero attached hydrogens (tertiary/aromatic N) is 3. The van der Waals surface area contributed by atoms with E-state index in [0.717, 1.165) is 0 Å². The standard InChI is InChI=1S/C12H11N3O2S2/c1-14-6-7-17-12(18)19-11-13-9-5-3-2-4-8(9)10(16)15(11)14/h2-5H,6-7H2,1H3. The molecule has 0 aliphatic carbocycles. The van der Waals surface area contributed by atoms with Crippen molar-refractivity contribution >= 4 is 39.3 Å². The van der Waals surface area contributed by atoms with E-state index in [1.165, 1.54) is 11.8 Å². The summed E-state index contributed by atoms with van der Waals surface area (Å²) in [6.07, 6.45) is 0. The van der Waals surface area contributed by atoms with Crippen molar-refractivity contribution in [2.24, 2.45) is 0 Å². The highest BCUT2D eigenvalue weighted by Gasteiger charge is 2.19. The molecule has 0 fully saturated rings. The molecule has 19 heavy (non-hydrogen) atoms. The maximum Gasteiger partial charge on any atom is 0.280 e. The first-order valence-corrected chi connectivity index (χ1v) is 6.97. The molecule has 5 nitrogen and oxygen atoms in total. The lowest BCUT2D eigenvalue weighted by atomic mass is 10.2. The number of para-hydroxylation sites is 1. The topological polar surface area (TPSA) is 47.4 Å². The minimum absolute atomic E-state index is 0.0831. The SMILES string of the molecule is CN1CCOC(=S)Sc2nc3ccccc3c(=O)n21. The summed E-state index contributed by atoms with van der Waals surface area (Å²) in [5.74, 6) is 0. The average molecular weight is 293 g/mol. The first-order chi connectivity index (χ1) is 9.16. The molecule has 0 saturated heterocycles. The van der Waals surface area contributed by atoms with E-state index in [4.69, 9.17) is 17.0 Å². The van der Waals surface area contributed by atoms with E-state index < -0.39 is 0 Å². The van der Waals surface area contributed by atoms with E-state index in [0.29, 0.717) is 33.6 Å². The molecule has 7 heteroatoms. The van der Waals surface area contributed by atoms with Crippen molar-refractivity contribution in [2.75, 3.05) is 25.2 Å². The van der Waals surface area contributed by atoms with Crippen LogP contribution in [0.2, 0.25) is 0 Å². The fraction of sp³-hybridized carbons (Fsp3) is 0.250. The van der Waals surface area contributed by atoms with Gasteiger partial charge in [0.15, 0.2) is 5.16 Å². The third-order valence-electron chi connectivity index (χ3n) is 2.87. The monoisotopic (exact) mass is 293 g/mol. The van der Waals surface area contributed by atoms with E-state index in [1.807, 2.05) is 25.2 Å². The van der Waals surface area contributed by atoms with Gasteiger partial charge in [0.2, 0.25) is 4.38 Å². The van der Waals surface area contributed by atoms with Gasteiger partial charge in [-0.25, -0.2) is 4.98 Å². The van der Waals surface area contributed by atoms with Crippen molar-refractivity contribution in [3.63, 3.8) is 0 Å². The van der Waals surface area contributed by atoms with Crippen molar-refractivity contribution < 1.29 is 4.74 Å². The van der Waals surface area contributed by atoms with Crippen molar-refractivity contribution in [1.82, 2.24) is 9.66 Å². The van der Waals surface area contributed by atoms with Gasteiger partial charge < -0.3 is 9.75 Å². The number of hydrogen-bond acceptors (Lipinski definition) is 6. The normalized spacial score (nSPS) is 15.6. The van der Waals surface area contributed by atoms with Crippen LogP contribution >= 0.6 is 24.0 Å². The van der Waals surface area contributed by atoms with Crippen LogP contribution in [0.3, 0.4) is 0 Å². The Hall–Kier alpha value is -1.60. The van der Waals surface area contributed by atoms with E-state index in [1.54, 1.807) is 15.8 Å². The Balaban J connectivity index is 2.31. The molecule has 1 aromatic carbocycles. The number of thiocarbonyl (C=S) groups is 1. The van der Waals surface area contributed by atoms with Crippen LogP contribution in [0.15, 0.2) is 34.2 Å². The Morgan fingerprint density at radius 1 is 1.42 bits per heavy atom. The summed E-state index contributed by atoms with van der Waals surface area (Å²) >= 11 is 6.30. The fourth-order valence-electron chi connectivity index (χ4n) is 1.94. The Bertz CT molecular complexity index is 714. The molecule has 2 heterocycles. The highest BCUT2D eigenvalue weighted by atomic mass is 32.2. The number of fused-ring (bicyclic) bond motifs is 2. The zero-order chi connectivity index (χ0) is 13.4. The van der Waals surface area contributed by atoms with Gasteiger partial charge in [-0.1, -0.05) is 12.1 Å². The van der Waals surface area contributed by atoms with E-state index in [2.05, 4.69) is 4.98 Å². The summed E-state index contributed by atoms with van der Waals surface area (Å²) in [5, 5.41) is 2.94. The predicted molar refractivity (Wildman–Crippen MR) is 79.4 cm³/mol. The number of aromatic nitrogens is 2. The number of likely N-dealkylation sites (N-methyl/N-ethyl adjacent to an activating group) is 1. The molecule has 1 aromatic heterocycles. The second-order valence-electron chi connectivity index (χ2n) is 4.11. The van der Waals surface area contributed by atoms with Gasteiger partial charge in [-0.05, 0) is 24.4 Å². The number of ether oxygens (including phenoxy) is 1. The van der Waals surface area contributed by atoms with Crippen molar-refractivity contribution in [1.29, 1.82) is 0 Å². The lowest BCUT2D eigenvalue weighted by Gasteiger charge is -2.26. The molecular formula is C12H11N3O2S2. The number of thioether (sulfide) groups is 1. The number of hydrogen-bond donors (Lipinski definition) is 0. The molecule has 2 aromatic rings. The van der Waals surface area contributed by atoms with Gasteiger partial charge in [0.25, 0.3) is 5.56 Å². The Labute approximate surface area is 119 Å². The smallest absolute Gasteiger partial charge is 0.280 e. The van der Waals surface area contributed by atoms with E-state index in [9.17, 15) is 4.79 Å². The van der Waals surface area contributed by atoms with Gasteiger partial charge in [-0.3, -0.25) is 4.79 Å². The largest absolute Gasteiger partial charge is 0.476 e. The quantitative estimate of drug-likeness (QED) is 0.540. The second kappa shape index (κ2) is 4.82. The summed E-state index contributed by atoms with van der Waals surface area (Å²) in [6.45, 7) is 1.04. The number of rotatable bonds is 0. The maximum atomic E-state index is 12.5. The van der Waals surface area contributed by atoms with Crippen LogP contribution in [-0.4, -0.2) is 34.2 Å². The highest BCUT2D eigenvalue weighted by Crippen LogP contribution is 2.21. The fourth-order valence-corrected chi connectivity index (χ4v) is 2.99. The maximum absolute atomic E-state index is 12.5. The summed E-state index contributed by atoms with van der Waals surface area (Å²) in [6, 6.07) is 7.30. The zero-order valence-electron chi connectivity index (χ0n) is 10.2. The molecule has 98 valence electrons. The second-order valence-corrected chi connectivity index (χ2v) is 5.68. The molecule has 0 spiro atoms. The van der Waals surface area contributed by atoms with Crippen LogP contribution in [0.4, 0.5) is 0 Å². The highest BCUT2D eigenvalue weighted by molar-refractivity contribution is 8.22. The molecule has 0 N–H and O–H groups in total. The summed E-state index contributed by atoms with van der Waals surface area (Å²) < 4.78 is 7.31. The minimum atomic E-state index is -0.0831. The van der Waals surface area contributed by atoms with Gasteiger partial charge in [0, 0.05) is 18.8 Å². The minimum Gasteiger partial charge on any atom is -0.476 e. The van der Waals surface area contributed by atoms with Gasteiger partial charge in [-0.15, -0.1) is 0 Å². The lowest BCUT2D eigenvalue weighted by molar-refractivity contribution is 0.313. The molecule has 0 saturated carbocycles. The summed E-state index contributed by atoms with van der Waals surface area (Å²) in [7, 11) is 1.83. The zero-order valence-corrected chi connectivity index (χ0v) is 11.8. The van der Waals surface area contributed by atoms with Gasteiger partial charge in [-0.2, -0.15) is 4.68 Å². The van der Waals surface area contributed by atoms with Crippen molar-refractivity contribution in [3.05, 3.63) is 34.6 Å². The lowest BCUT2D eigenvalue weighted by Crippen LogP contribution is -2.43. The van der Waals surface area contributed by atoms with Gasteiger partial charge >= 0.3 is 0 Å². The van der Waals surface area contributed by atoms with Gasteiger partial charge in [0.05, 0.1) is 17.4 Å². The van der Waals surface area contributed by atoms with Crippen LogP contribution in [0.5, 0.6) is 0 Å². The summed E-state index contributed by atoms with van der Waals surface area (Å²) in [4.78, 5) is 17.0. The molecule has 1 aliphatic rings. The van der Waals surface area contributed by atoms with Crippen LogP contribution in [0, 0.1) is 0 Å². The first-order valence-electron chi connectivity index (χ1n) is 5.74. The van der Waals surface area contributed by atoms with Crippen LogP contribution in [0.1, 0.15) is 0 Å². The Morgan fingerprint density at radius 3 is 3.05 bits per heavy atom. The molecular weight excluding hydrogens is 282 g/mol. The number of benzene rings is 1. The molecule has 0 amide bonds. The van der Waals surface area contributed by atoms with E-state index in [-0.39, 0.29) is 5.56 Å². The average Bonchev–Trinajstić information content (AvgIpc) is 2.37. The molecule has 3 rings (SSSR count). The molecule has 0 bridgehead atoms. The predicted octanol–water partition coefficient (Wildman–Crippen LogP) is 1.37. The van der Waals surface area contributed by atoms with Crippen molar-refractivity contribution in [2.45, 2.75) is 5.16 Å². The molecule has 0 atom stereocenters. The Kier molecular flexibility index (Phi) is 3.16. The van der Waals surface area contributed by atoms with Crippen LogP contribution in [-0.2, 0) is 4.74 Å². The third-order valence-corrected chi connectivity index (χ3v) is 3.97.